The lowest BCUT2D eigenvalue weighted by molar-refractivity contribution is 0.415. The molecule has 1 aromatic heterocycles. The van der Waals surface area contributed by atoms with Crippen molar-refractivity contribution in [2.75, 3.05) is 12.8 Å². The van der Waals surface area contributed by atoms with E-state index in [9.17, 15) is 0 Å². The van der Waals surface area contributed by atoms with E-state index in [0.29, 0.717) is 22.3 Å². The van der Waals surface area contributed by atoms with Gasteiger partial charge in [-0.3, -0.25) is 0 Å². The van der Waals surface area contributed by atoms with Gasteiger partial charge in [0.05, 0.1) is 17.8 Å². The van der Waals surface area contributed by atoms with Crippen molar-refractivity contribution in [2.24, 2.45) is 0 Å². The van der Waals surface area contributed by atoms with Gasteiger partial charge in [0.1, 0.15) is 11.5 Å². The van der Waals surface area contributed by atoms with Crippen LogP contribution in [0, 0.1) is 0 Å². The van der Waals surface area contributed by atoms with Crippen LogP contribution in [0.15, 0.2) is 48.7 Å². The van der Waals surface area contributed by atoms with Crippen molar-refractivity contribution in [1.29, 1.82) is 0 Å². The Morgan fingerprint density at radius 2 is 1.86 bits per heavy atom. The lowest BCUT2D eigenvalue weighted by atomic mass is 10.1. The predicted molar refractivity (Wildman–Crippen MR) is 84.2 cm³/mol. The Bertz CT molecular complexity index is 805. The number of nitrogens with zero attached hydrogens (tertiary/aromatic N) is 1. The van der Waals surface area contributed by atoms with E-state index >= 15 is 0 Å². The highest BCUT2D eigenvalue weighted by Gasteiger charge is 2.07. The highest BCUT2D eigenvalue weighted by atomic mass is 35.5. The average Bonchev–Trinajstić information content (AvgIpc) is 2.51. The van der Waals surface area contributed by atoms with Gasteiger partial charge in [-0.2, -0.15) is 0 Å². The van der Waals surface area contributed by atoms with E-state index in [2.05, 4.69) is 4.98 Å². The summed E-state index contributed by atoms with van der Waals surface area (Å²) in [5.74, 6) is 1.82. The van der Waals surface area contributed by atoms with Gasteiger partial charge in [-0.25, -0.2) is 4.98 Å². The maximum absolute atomic E-state index is 6.00. The van der Waals surface area contributed by atoms with E-state index in [1.54, 1.807) is 31.5 Å². The van der Waals surface area contributed by atoms with Gasteiger partial charge in [0.25, 0.3) is 0 Å². The molecule has 0 unspecified atom stereocenters. The smallest absolute Gasteiger partial charge is 0.227 e. The van der Waals surface area contributed by atoms with E-state index in [4.69, 9.17) is 26.8 Å². The third-order valence-corrected chi connectivity index (χ3v) is 3.45. The first-order valence-corrected chi connectivity index (χ1v) is 6.71. The predicted octanol–water partition coefficient (Wildman–Crippen LogP) is 4.27. The topological polar surface area (TPSA) is 57.4 Å². The second-order valence-electron chi connectivity index (χ2n) is 4.49. The van der Waals surface area contributed by atoms with Gasteiger partial charge in [0.15, 0.2) is 0 Å². The molecule has 0 fully saturated rings. The van der Waals surface area contributed by atoms with Crippen molar-refractivity contribution >= 4 is 28.1 Å². The zero-order chi connectivity index (χ0) is 14.8. The zero-order valence-corrected chi connectivity index (χ0v) is 12.1. The Hall–Kier alpha value is -2.46. The average molecular weight is 301 g/mol. The molecule has 0 saturated heterocycles. The highest BCUT2D eigenvalue weighted by molar-refractivity contribution is 6.33. The highest BCUT2D eigenvalue weighted by Crippen LogP contribution is 2.32. The molecule has 2 aromatic carbocycles. The molecule has 0 aliphatic rings. The molecule has 0 radical (unpaired) electrons. The van der Waals surface area contributed by atoms with Crippen LogP contribution >= 0.6 is 11.6 Å². The number of rotatable bonds is 3. The van der Waals surface area contributed by atoms with Gasteiger partial charge < -0.3 is 15.2 Å². The summed E-state index contributed by atoms with van der Waals surface area (Å²) in [7, 11) is 1.62. The SMILES string of the molecule is COc1ccc2ccnc(Oc3ccc(N)c(Cl)c3)c2c1. The number of halogens is 1. The Labute approximate surface area is 127 Å². The standard InChI is InChI=1S/C16H13ClN2O2/c1-20-11-3-2-10-6-7-19-16(13(10)8-11)21-12-4-5-15(18)14(17)9-12/h2-9H,18H2,1H3. The van der Waals surface area contributed by atoms with Crippen molar-refractivity contribution in [3.05, 3.63) is 53.7 Å². The summed E-state index contributed by atoms with van der Waals surface area (Å²) in [5, 5.41) is 2.33. The molecule has 2 N–H and O–H groups in total. The molecule has 21 heavy (non-hydrogen) atoms. The molecule has 0 aliphatic carbocycles. The van der Waals surface area contributed by atoms with Gasteiger partial charge >= 0.3 is 0 Å². The van der Waals surface area contributed by atoms with Crippen molar-refractivity contribution < 1.29 is 9.47 Å². The Morgan fingerprint density at radius 3 is 2.62 bits per heavy atom. The van der Waals surface area contributed by atoms with Gasteiger partial charge in [-0.15, -0.1) is 0 Å². The van der Waals surface area contributed by atoms with Crippen LogP contribution in [0.2, 0.25) is 5.02 Å². The van der Waals surface area contributed by atoms with Crippen LogP contribution in [0.4, 0.5) is 5.69 Å². The molecule has 5 heteroatoms. The third-order valence-electron chi connectivity index (χ3n) is 3.12. The summed E-state index contributed by atoms with van der Waals surface area (Å²) in [6, 6.07) is 12.8. The Kier molecular flexibility index (Phi) is 3.54. The van der Waals surface area contributed by atoms with E-state index in [1.807, 2.05) is 24.3 Å². The first-order valence-electron chi connectivity index (χ1n) is 6.33. The van der Waals surface area contributed by atoms with Crippen molar-refractivity contribution in [1.82, 2.24) is 4.98 Å². The van der Waals surface area contributed by atoms with Crippen molar-refractivity contribution in [2.45, 2.75) is 0 Å². The first kappa shape index (κ1) is 13.5. The number of ether oxygens (including phenoxy) is 2. The van der Waals surface area contributed by atoms with Crippen LogP contribution < -0.4 is 15.2 Å². The molecule has 0 spiro atoms. The number of aromatic nitrogens is 1. The summed E-state index contributed by atoms with van der Waals surface area (Å²) in [6.07, 6.45) is 1.70. The molecule has 0 bridgehead atoms. The largest absolute Gasteiger partial charge is 0.497 e. The Balaban J connectivity index is 2.05. The number of nitrogens with two attached hydrogens (primary N) is 1. The second-order valence-corrected chi connectivity index (χ2v) is 4.90. The number of benzene rings is 2. The third kappa shape index (κ3) is 2.71. The van der Waals surface area contributed by atoms with Gasteiger partial charge in [0, 0.05) is 17.6 Å². The van der Waals surface area contributed by atoms with Gasteiger partial charge in [-0.1, -0.05) is 17.7 Å². The summed E-state index contributed by atoms with van der Waals surface area (Å²) >= 11 is 6.00. The lowest BCUT2D eigenvalue weighted by Crippen LogP contribution is -1.92. The summed E-state index contributed by atoms with van der Waals surface area (Å²) in [4.78, 5) is 4.28. The quantitative estimate of drug-likeness (QED) is 0.734. The monoisotopic (exact) mass is 300 g/mol. The van der Waals surface area contributed by atoms with E-state index in [1.165, 1.54) is 0 Å². The number of nitrogen functional groups attached to an aromatic ring is 1. The fraction of sp³-hybridized carbons (Fsp3) is 0.0625. The lowest BCUT2D eigenvalue weighted by Gasteiger charge is -2.09. The molecule has 0 amide bonds. The van der Waals surface area contributed by atoms with E-state index in [0.717, 1.165) is 16.5 Å². The number of pyridine rings is 1. The molecule has 4 nitrogen and oxygen atoms in total. The molecule has 0 aliphatic heterocycles. The number of methoxy groups -OCH3 is 1. The van der Waals surface area contributed by atoms with Crippen molar-refractivity contribution in [3.8, 4) is 17.4 Å². The fourth-order valence-corrected chi connectivity index (χ4v) is 2.18. The molecule has 0 atom stereocenters. The first-order chi connectivity index (χ1) is 10.2. The van der Waals surface area contributed by atoms with Crippen LogP contribution in [-0.2, 0) is 0 Å². The molecule has 106 valence electrons. The number of hydrogen-bond donors (Lipinski definition) is 1. The molecule has 0 saturated carbocycles. The number of hydrogen-bond acceptors (Lipinski definition) is 4. The Morgan fingerprint density at radius 1 is 1.05 bits per heavy atom. The normalized spacial score (nSPS) is 10.6. The summed E-state index contributed by atoms with van der Waals surface area (Å²) < 4.78 is 11.1. The van der Waals surface area contributed by atoms with Crippen LogP contribution in [-0.4, -0.2) is 12.1 Å². The van der Waals surface area contributed by atoms with Crippen LogP contribution in [0.3, 0.4) is 0 Å². The minimum Gasteiger partial charge on any atom is -0.497 e. The van der Waals surface area contributed by atoms with Crippen LogP contribution in [0.25, 0.3) is 10.8 Å². The maximum Gasteiger partial charge on any atom is 0.227 e. The minimum absolute atomic E-state index is 0.449. The van der Waals surface area contributed by atoms with E-state index in [-0.39, 0.29) is 0 Å². The van der Waals surface area contributed by atoms with Crippen molar-refractivity contribution in [3.63, 3.8) is 0 Å². The van der Waals surface area contributed by atoms with E-state index < -0.39 is 0 Å². The second kappa shape index (κ2) is 5.50. The molecule has 1 heterocycles. The molecule has 3 aromatic rings. The zero-order valence-electron chi connectivity index (χ0n) is 11.3. The number of anilines is 1. The molecular weight excluding hydrogens is 288 g/mol. The molecule has 3 rings (SSSR count). The maximum atomic E-state index is 6.00. The van der Waals surface area contributed by atoms with Gasteiger partial charge in [0.2, 0.25) is 5.88 Å². The fourth-order valence-electron chi connectivity index (χ4n) is 2.01. The summed E-state index contributed by atoms with van der Waals surface area (Å²) in [5.41, 5.74) is 6.20. The minimum atomic E-state index is 0.449. The van der Waals surface area contributed by atoms with Gasteiger partial charge in [-0.05, 0) is 35.7 Å². The van der Waals surface area contributed by atoms with Crippen LogP contribution in [0.5, 0.6) is 17.4 Å². The molecular formula is C16H13ClN2O2. The number of fused-ring (bicyclic) bond motifs is 1. The van der Waals surface area contributed by atoms with Crippen LogP contribution in [0.1, 0.15) is 0 Å². The summed E-state index contributed by atoms with van der Waals surface area (Å²) in [6.45, 7) is 0.